The second kappa shape index (κ2) is 7.27. The zero-order chi connectivity index (χ0) is 18.1. The van der Waals surface area contributed by atoms with E-state index < -0.39 is 0 Å². The van der Waals surface area contributed by atoms with Crippen molar-refractivity contribution < 1.29 is 9.32 Å². The number of carbonyl (C=O) groups is 1. The molecule has 0 saturated carbocycles. The van der Waals surface area contributed by atoms with E-state index in [1.807, 2.05) is 4.90 Å². The van der Waals surface area contributed by atoms with Gasteiger partial charge < -0.3 is 20.1 Å². The molecule has 7 nitrogen and oxygen atoms in total. The average molecular weight is 361 g/mol. The minimum atomic E-state index is 0.000554. The van der Waals surface area contributed by atoms with E-state index in [2.05, 4.69) is 34.6 Å². The van der Waals surface area contributed by atoms with Crippen LogP contribution in [0.5, 0.6) is 0 Å². The van der Waals surface area contributed by atoms with E-state index in [0.717, 1.165) is 63.7 Å². The van der Waals surface area contributed by atoms with Crippen LogP contribution in [-0.2, 0) is 4.79 Å². The van der Waals surface area contributed by atoms with E-state index >= 15 is 0 Å². The highest BCUT2D eigenvalue weighted by Crippen LogP contribution is 2.38. The molecule has 1 atom stereocenters. The first-order valence-electron chi connectivity index (χ1n) is 10.1. The number of piperidine rings is 2. The maximum atomic E-state index is 13.0. The van der Waals surface area contributed by atoms with Crippen molar-refractivity contribution in [3.63, 3.8) is 0 Å². The maximum Gasteiger partial charge on any atom is 0.239 e. The highest BCUT2D eigenvalue weighted by molar-refractivity contribution is 5.82. The van der Waals surface area contributed by atoms with Gasteiger partial charge in [-0.3, -0.25) is 4.79 Å². The van der Waals surface area contributed by atoms with Gasteiger partial charge in [-0.25, -0.2) is 0 Å². The van der Waals surface area contributed by atoms with Gasteiger partial charge in [0.05, 0.1) is 6.04 Å². The summed E-state index contributed by atoms with van der Waals surface area (Å²) >= 11 is 0. The third-order valence-corrected chi connectivity index (χ3v) is 6.45. The minimum Gasteiger partial charge on any atom is -0.341 e. The number of nitrogens with zero attached hydrogens (tertiary/aromatic N) is 3. The van der Waals surface area contributed by atoms with E-state index in [1.54, 1.807) is 0 Å². The van der Waals surface area contributed by atoms with Gasteiger partial charge in [0.1, 0.15) is 0 Å². The van der Waals surface area contributed by atoms with Crippen molar-refractivity contribution >= 4 is 5.91 Å². The Bertz CT molecular complexity index is 630. The highest BCUT2D eigenvalue weighted by Gasteiger charge is 2.43. The Morgan fingerprint density at radius 1 is 1.27 bits per heavy atom. The summed E-state index contributed by atoms with van der Waals surface area (Å²) in [5, 5.41) is 11.0. The lowest BCUT2D eigenvalue weighted by molar-refractivity contribution is -0.134. The monoisotopic (exact) mass is 361 g/mol. The number of amides is 1. The van der Waals surface area contributed by atoms with Crippen molar-refractivity contribution in [3.8, 4) is 0 Å². The predicted octanol–water partition coefficient (Wildman–Crippen LogP) is 1.63. The summed E-state index contributed by atoms with van der Waals surface area (Å²) in [7, 11) is 0. The molecule has 1 unspecified atom stereocenters. The van der Waals surface area contributed by atoms with Crippen LogP contribution in [0.2, 0.25) is 0 Å². The molecule has 4 heterocycles. The first-order valence-corrected chi connectivity index (χ1v) is 10.1. The number of aromatic nitrogens is 2. The molecule has 1 spiro atoms. The van der Waals surface area contributed by atoms with Gasteiger partial charge in [-0.15, -0.1) is 0 Å². The summed E-state index contributed by atoms with van der Waals surface area (Å²) in [5.41, 5.74) is 0.334. The zero-order valence-corrected chi connectivity index (χ0v) is 16.0. The summed E-state index contributed by atoms with van der Waals surface area (Å²) in [5.74, 6) is 2.37. The topological polar surface area (TPSA) is 83.3 Å². The summed E-state index contributed by atoms with van der Waals surface area (Å²) in [4.78, 5) is 19.5. The largest absolute Gasteiger partial charge is 0.341 e. The molecule has 7 heteroatoms. The van der Waals surface area contributed by atoms with Crippen LogP contribution >= 0.6 is 0 Å². The molecule has 26 heavy (non-hydrogen) atoms. The van der Waals surface area contributed by atoms with Crippen LogP contribution in [0.3, 0.4) is 0 Å². The molecule has 0 aliphatic carbocycles. The zero-order valence-electron chi connectivity index (χ0n) is 16.0. The molecule has 1 aromatic heterocycles. The molecule has 3 saturated heterocycles. The predicted molar refractivity (Wildman–Crippen MR) is 97.9 cm³/mol. The molecular formula is C19H31N5O2. The number of hydrogen-bond acceptors (Lipinski definition) is 6. The fourth-order valence-corrected chi connectivity index (χ4v) is 4.64. The van der Waals surface area contributed by atoms with Crippen molar-refractivity contribution in [2.24, 2.45) is 5.41 Å². The molecule has 144 valence electrons. The Morgan fingerprint density at radius 2 is 2.00 bits per heavy atom. The summed E-state index contributed by atoms with van der Waals surface area (Å²) < 4.78 is 5.45. The van der Waals surface area contributed by atoms with Crippen molar-refractivity contribution in [2.45, 2.75) is 63.8 Å². The van der Waals surface area contributed by atoms with Crippen LogP contribution in [0, 0.1) is 5.41 Å². The maximum absolute atomic E-state index is 13.0. The van der Waals surface area contributed by atoms with E-state index in [0.29, 0.717) is 5.41 Å². The third-order valence-electron chi connectivity index (χ3n) is 6.45. The second-order valence-electron chi connectivity index (χ2n) is 8.63. The number of rotatable bonds is 3. The van der Waals surface area contributed by atoms with E-state index in [1.165, 1.54) is 12.8 Å². The highest BCUT2D eigenvalue weighted by atomic mass is 16.5. The Hall–Kier alpha value is -1.47. The van der Waals surface area contributed by atoms with Gasteiger partial charge in [0.15, 0.2) is 5.82 Å². The fraction of sp³-hybridized carbons (Fsp3) is 0.842. The normalized spacial score (nSPS) is 26.7. The molecule has 1 aromatic rings. The Labute approximate surface area is 155 Å². The van der Waals surface area contributed by atoms with Gasteiger partial charge in [-0.05, 0) is 50.6 Å². The Kier molecular flexibility index (Phi) is 5.01. The fourth-order valence-electron chi connectivity index (χ4n) is 4.64. The van der Waals surface area contributed by atoms with Gasteiger partial charge in [-0.2, -0.15) is 4.98 Å². The molecule has 2 N–H and O–H groups in total. The lowest BCUT2D eigenvalue weighted by Gasteiger charge is -2.34. The molecule has 3 aliphatic rings. The van der Waals surface area contributed by atoms with Crippen LogP contribution in [0.25, 0.3) is 0 Å². The molecule has 3 fully saturated rings. The molecule has 1 amide bonds. The summed E-state index contributed by atoms with van der Waals surface area (Å²) in [6, 6.07) is 0.000554. The van der Waals surface area contributed by atoms with Crippen LogP contribution in [0.4, 0.5) is 0 Å². The third kappa shape index (κ3) is 3.51. The molecular weight excluding hydrogens is 330 g/mol. The van der Waals surface area contributed by atoms with Crippen molar-refractivity contribution in [3.05, 3.63) is 11.7 Å². The van der Waals surface area contributed by atoms with E-state index in [4.69, 9.17) is 4.52 Å². The SMILES string of the molecule is CC(C)c1noc(C2CCN(C(=O)C3CC4(CCNCC4)CN3)CC2)n1. The Balaban J connectivity index is 1.31. The van der Waals surface area contributed by atoms with Crippen LogP contribution in [0.15, 0.2) is 4.52 Å². The number of hydrogen-bond donors (Lipinski definition) is 2. The lowest BCUT2D eigenvalue weighted by Crippen LogP contribution is -2.46. The quantitative estimate of drug-likeness (QED) is 0.851. The number of likely N-dealkylation sites (tertiary alicyclic amines) is 1. The van der Waals surface area contributed by atoms with Crippen LogP contribution < -0.4 is 10.6 Å². The van der Waals surface area contributed by atoms with Gasteiger partial charge in [0, 0.05) is 31.5 Å². The standard InChI is InChI=1S/C19H31N5O2/c1-13(2)16-22-17(26-23-16)14-3-9-24(10-4-14)18(25)15-11-19(12-21-15)5-7-20-8-6-19/h13-15,20-21H,3-12H2,1-2H3. The van der Waals surface area contributed by atoms with Gasteiger partial charge in [0.2, 0.25) is 11.8 Å². The Morgan fingerprint density at radius 3 is 2.65 bits per heavy atom. The van der Waals surface area contributed by atoms with Gasteiger partial charge >= 0.3 is 0 Å². The van der Waals surface area contributed by atoms with E-state index in [-0.39, 0.29) is 23.8 Å². The van der Waals surface area contributed by atoms with Crippen molar-refractivity contribution in [1.82, 2.24) is 25.7 Å². The molecule has 3 aliphatic heterocycles. The first kappa shape index (κ1) is 17.9. The number of carbonyl (C=O) groups excluding carboxylic acids is 1. The molecule has 0 aromatic carbocycles. The summed E-state index contributed by atoms with van der Waals surface area (Å²) in [6.07, 6.45) is 5.18. The number of nitrogens with one attached hydrogen (secondary N) is 2. The molecule has 0 radical (unpaired) electrons. The smallest absolute Gasteiger partial charge is 0.239 e. The van der Waals surface area contributed by atoms with E-state index in [9.17, 15) is 4.79 Å². The minimum absolute atomic E-state index is 0.000554. The van der Waals surface area contributed by atoms with Crippen molar-refractivity contribution in [2.75, 3.05) is 32.7 Å². The molecule has 4 rings (SSSR count). The van der Waals surface area contributed by atoms with Crippen LogP contribution in [0.1, 0.15) is 69.5 Å². The van der Waals surface area contributed by atoms with Crippen molar-refractivity contribution in [1.29, 1.82) is 0 Å². The molecule has 0 bridgehead atoms. The summed E-state index contributed by atoms with van der Waals surface area (Å²) in [6.45, 7) is 8.86. The lowest BCUT2D eigenvalue weighted by atomic mass is 9.77. The second-order valence-corrected chi connectivity index (χ2v) is 8.63. The first-order chi connectivity index (χ1) is 12.6. The van der Waals surface area contributed by atoms with Gasteiger partial charge in [-0.1, -0.05) is 19.0 Å². The van der Waals surface area contributed by atoms with Crippen LogP contribution in [-0.4, -0.2) is 59.7 Å². The van der Waals surface area contributed by atoms with Gasteiger partial charge in [0.25, 0.3) is 0 Å². The average Bonchev–Trinajstić information content (AvgIpc) is 3.30.